The van der Waals surface area contributed by atoms with E-state index in [-0.39, 0.29) is 0 Å². The molecule has 108 valence electrons. The second-order valence-corrected chi connectivity index (χ2v) is 5.73. The molecular weight excluding hydrogens is 270 g/mol. The minimum absolute atomic E-state index is 0.779. The summed E-state index contributed by atoms with van der Waals surface area (Å²) in [5, 5.41) is 0. The lowest BCUT2D eigenvalue weighted by Crippen LogP contribution is -2.32. The molecule has 0 bridgehead atoms. The van der Waals surface area contributed by atoms with Crippen molar-refractivity contribution in [2.75, 3.05) is 26.7 Å². The van der Waals surface area contributed by atoms with E-state index in [2.05, 4.69) is 20.5 Å². The topological polar surface area (TPSA) is 33.2 Å². The third-order valence-corrected chi connectivity index (χ3v) is 4.40. The maximum atomic E-state index is 5.46. The molecule has 1 saturated heterocycles. The molecule has 0 radical (unpaired) electrons. The lowest BCUT2D eigenvalue weighted by Gasteiger charge is -2.26. The van der Waals surface area contributed by atoms with Gasteiger partial charge >= 0.3 is 0 Å². The van der Waals surface area contributed by atoms with Crippen LogP contribution in [-0.2, 0) is 6.54 Å². The quantitative estimate of drug-likeness (QED) is 0.878. The number of ether oxygens (including phenoxy) is 1. The lowest BCUT2D eigenvalue weighted by molar-refractivity contribution is 0.221. The van der Waals surface area contributed by atoms with Gasteiger partial charge in [-0.1, -0.05) is 12.5 Å². The Bertz CT molecular complexity index is 640. The van der Waals surface area contributed by atoms with Gasteiger partial charge in [0.25, 0.3) is 0 Å². The van der Waals surface area contributed by atoms with E-state index < -0.39 is 0 Å². The lowest BCUT2D eigenvalue weighted by atomic mass is 10.1. The Morgan fingerprint density at radius 2 is 2.00 bits per heavy atom. The van der Waals surface area contributed by atoms with Gasteiger partial charge in [0.1, 0.15) is 11.3 Å². The highest BCUT2D eigenvalue weighted by atomic mass is 32.1. The second kappa shape index (κ2) is 5.97. The minimum Gasteiger partial charge on any atom is -0.494 e. The first-order valence-electron chi connectivity index (χ1n) is 7.27. The van der Waals surface area contributed by atoms with E-state index in [1.165, 1.54) is 32.4 Å². The van der Waals surface area contributed by atoms with E-state index >= 15 is 0 Å². The number of rotatable bonds is 4. The Morgan fingerprint density at radius 1 is 1.20 bits per heavy atom. The number of nitrogens with one attached hydrogen (secondary N) is 1. The molecule has 0 unspecified atom stereocenters. The van der Waals surface area contributed by atoms with Crippen LogP contribution in [0.1, 0.15) is 19.3 Å². The third-order valence-electron chi connectivity index (χ3n) is 4.08. The molecule has 1 aliphatic heterocycles. The number of hydrogen-bond donors (Lipinski definition) is 1. The summed E-state index contributed by atoms with van der Waals surface area (Å²) in [7, 11) is 1.69. The molecule has 0 spiro atoms. The van der Waals surface area contributed by atoms with Gasteiger partial charge in [0.2, 0.25) is 0 Å². The first-order chi connectivity index (χ1) is 9.79. The number of hydrogen-bond acceptors (Lipinski definition) is 3. The zero-order valence-corrected chi connectivity index (χ0v) is 12.7. The summed E-state index contributed by atoms with van der Waals surface area (Å²) in [5.41, 5.74) is 2.13. The number of methoxy groups -OCH3 is 1. The number of piperidine rings is 1. The molecule has 1 aromatic heterocycles. The van der Waals surface area contributed by atoms with Crippen molar-refractivity contribution in [1.29, 1.82) is 0 Å². The summed E-state index contributed by atoms with van der Waals surface area (Å²) < 4.78 is 8.35. The Labute approximate surface area is 124 Å². The van der Waals surface area contributed by atoms with Crippen LogP contribution in [0.4, 0.5) is 0 Å². The SMILES string of the molecule is COc1cccc2c1[nH]c(=S)n2CCN1CCCCC1. The summed E-state index contributed by atoms with van der Waals surface area (Å²) in [6, 6.07) is 6.07. The maximum absolute atomic E-state index is 5.46. The molecule has 4 nitrogen and oxygen atoms in total. The highest BCUT2D eigenvalue weighted by Crippen LogP contribution is 2.24. The fraction of sp³-hybridized carbons (Fsp3) is 0.533. The van der Waals surface area contributed by atoms with E-state index in [1.54, 1.807) is 7.11 Å². The molecule has 0 atom stereocenters. The van der Waals surface area contributed by atoms with E-state index in [0.29, 0.717) is 0 Å². The summed E-state index contributed by atoms with van der Waals surface area (Å²) in [6.45, 7) is 4.45. The van der Waals surface area contributed by atoms with Crippen LogP contribution in [-0.4, -0.2) is 41.2 Å². The molecule has 1 N–H and O–H groups in total. The zero-order chi connectivity index (χ0) is 13.9. The van der Waals surface area contributed by atoms with Crippen molar-refractivity contribution in [3.05, 3.63) is 23.0 Å². The average molecular weight is 291 g/mol. The number of fused-ring (bicyclic) bond motifs is 1. The van der Waals surface area contributed by atoms with Gasteiger partial charge in [-0.3, -0.25) is 0 Å². The first kappa shape index (κ1) is 13.6. The van der Waals surface area contributed by atoms with Gasteiger partial charge in [0.15, 0.2) is 4.77 Å². The Balaban J connectivity index is 1.84. The molecule has 2 aromatic rings. The maximum Gasteiger partial charge on any atom is 0.178 e. The normalized spacial score (nSPS) is 16.6. The van der Waals surface area contributed by atoms with E-state index in [4.69, 9.17) is 17.0 Å². The van der Waals surface area contributed by atoms with E-state index in [0.717, 1.165) is 34.6 Å². The average Bonchev–Trinajstić information content (AvgIpc) is 2.81. The van der Waals surface area contributed by atoms with Gasteiger partial charge in [-0.2, -0.15) is 0 Å². The van der Waals surface area contributed by atoms with Crippen molar-refractivity contribution in [1.82, 2.24) is 14.5 Å². The molecule has 1 aromatic carbocycles. The van der Waals surface area contributed by atoms with Gasteiger partial charge < -0.3 is 19.2 Å². The van der Waals surface area contributed by atoms with Crippen molar-refractivity contribution in [3.63, 3.8) is 0 Å². The van der Waals surface area contributed by atoms with Crippen molar-refractivity contribution >= 4 is 23.3 Å². The Kier molecular flexibility index (Phi) is 4.08. The van der Waals surface area contributed by atoms with Crippen LogP contribution in [0.3, 0.4) is 0 Å². The van der Waals surface area contributed by atoms with Gasteiger partial charge in [0, 0.05) is 13.1 Å². The van der Waals surface area contributed by atoms with Crippen LogP contribution in [0.15, 0.2) is 18.2 Å². The number of H-pyrrole nitrogens is 1. The number of imidazole rings is 1. The van der Waals surface area contributed by atoms with Gasteiger partial charge in [-0.15, -0.1) is 0 Å². The fourth-order valence-corrected chi connectivity index (χ4v) is 3.26. The molecule has 0 saturated carbocycles. The third kappa shape index (κ3) is 2.60. The molecule has 1 aliphatic rings. The smallest absolute Gasteiger partial charge is 0.178 e. The molecule has 2 heterocycles. The zero-order valence-electron chi connectivity index (χ0n) is 11.9. The Hall–Kier alpha value is -1.33. The van der Waals surface area contributed by atoms with E-state index in [1.807, 2.05) is 12.1 Å². The Morgan fingerprint density at radius 3 is 2.75 bits per heavy atom. The minimum atomic E-state index is 0.779. The molecule has 3 rings (SSSR count). The predicted octanol–water partition coefficient (Wildman–Crippen LogP) is 3.19. The predicted molar refractivity (Wildman–Crippen MR) is 84.0 cm³/mol. The van der Waals surface area contributed by atoms with Crippen molar-refractivity contribution in [2.45, 2.75) is 25.8 Å². The van der Waals surface area contributed by atoms with Crippen LogP contribution in [0.5, 0.6) is 5.75 Å². The molecule has 0 amide bonds. The molecule has 0 aliphatic carbocycles. The van der Waals surface area contributed by atoms with Crippen LogP contribution in [0.2, 0.25) is 0 Å². The van der Waals surface area contributed by atoms with Crippen molar-refractivity contribution in [2.24, 2.45) is 0 Å². The molecule has 1 fully saturated rings. The molecular formula is C15H21N3OS. The fourth-order valence-electron chi connectivity index (χ4n) is 2.97. The summed E-state index contributed by atoms with van der Waals surface area (Å²) >= 11 is 5.46. The van der Waals surface area contributed by atoms with Crippen molar-refractivity contribution < 1.29 is 4.74 Å². The highest BCUT2D eigenvalue weighted by Gasteiger charge is 2.12. The summed E-state index contributed by atoms with van der Waals surface area (Å²) in [6.07, 6.45) is 4.03. The number of benzene rings is 1. The standard InChI is InChI=1S/C15H21N3OS/c1-19-13-7-5-6-12-14(13)16-15(20)18(12)11-10-17-8-3-2-4-9-17/h5-7H,2-4,8-11H2,1H3,(H,16,20). The number of likely N-dealkylation sites (tertiary alicyclic amines) is 1. The molecule has 20 heavy (non-hydrogen) atoms. The monoisotopic (exact) mass is 291 g/mol. The van der Waals surface area contributed by atoms with Crippen LogP contribution < -0.4 is 4.74 Å². The number of aromatic nitrogens is 2. The van der Waals surface area contributed by atoms with Crippen LogP contribution >= 0.6 is 12.2 Å². The van der Waals surface area contributed by atoms with E-state index in [9.17, 15) is 0 Å². The van der Waals surface area contributed by atoms with Crippen molar-refractivity contribution in [3.8, 4) is 5.75 Å². The number of para-hydroxylation sites is 1. The summed E-state index contributed by atoms with van der Waals surface area (Å²) in [5.74, 6) is 0.852. The number of aromatic amines is 1. The van der Waals surface area contributed by atoms with Crippen LogP contribution in [0.25, 0.3) is 11.0 Å². The van der Waals surface area contributed by atoms with Gasteiger partial charge in [-0.05, 0) is 50.3 Å². The highest BCUT2D eigenvalue weighted by molar-refractivity contribution is 7.71. The van der Waals surface area contributed by atoms with Gasteiger partial charge in [0.05, 0.1) is 12.6 Å². The molecule has 5 heteroatoms. The second-order valence-electron chi connectivity index (χ2n) is 5.34. The summed E-state index contributed by atoms with van der Waals surface area (Å²) in [4.78, 5) is 5.80. The largest absolute Gasteiger partial charge is 0.494 e. The van der Waals surface area contributed by atoms with Crippen LogP contribution in [0, 0.1) is 4.77 Å². The van der Waals surface area contributed by atoms with Gasteiger partial charge in [-0.25, -0.2) is 0 Å². The number of nitrogens with zero attached hydrogens (tertiary/aromatic N) is 2. The first-order valence-corrected chi connectivity index (χ1v) is 7.68.